The van der Waals surface area contributed by atoms with E-state index in [0.29, 0.717) is 0 Å². The summed E-state index contributed by atoms with van der Waals surface area (Å²) in [6, 6.07) is 15.3. The van der Waals surface area contributed by atoms with E-state index in [1.54, 1.807) is 0 Å². The lowest BCUT2D eigenvalue weighted by Crippen LogP contribution is -1.88. The van der Waals surface area contributed by atoms with Crippen LogP contribution in [-0.2, 0) is 6.42 Å². The fourth-order valence-electron chi connectivity index (χ4n) is 2.28. The Kier molecular flexibility index (Phi) is 4.93. The summed E-state index contributed by atoms with van der Waals surface area (Å²) in [5.41, 5.74) is 1.49. The molecule has 0 atom stereocenters. The molecule has 0 heterocycles. The Bertz CT molecular complexity index is 457. The lowest BCUT2D eigenvalue weighted by atomic mass is 9.99. The van der Waals surface area contributed by atoms with Crippen molar-refractivity contribution in [2.45, 2.75) is 32.1 Å². The van der Waals surface area contributed by atoms with E-state index < -0.39 is 0 Å². The zero-order valence-electron chi connectivity index (χ0n) is 10.2. The molecule has 0 aliphatic rings. The summed E-state index contributed by atoms with van der Waals surface area (Å²) >= 11 is 4.96. The first-order chi connectivity index (χ1) is 8.42. The summed E-state index contributed by atoms with van der Waals surface area (Å²) in [6.45, 7) is 0. The van der Waals surface area contributed by atoms with Crippen molar-refractivity contribution in [3.63, 3.8) is 0 Å². The molecule has 0 aliphatic heterocycles. The topological polar surface area (TPSA) is 0 Å². The summed E-state index contributed by atoms with van der Waals surface area (Å²) in [6.07, 6.45) is 6.27. The van der Waals surface area contributed by atoms with Crippen LogP contribution in [0.3, 0.4) is 0 Å². The minimum atomic E-state index is 0.911. The maximum Gasteiger partial charge on any atom is 0.00369 e. The van der Waals surface area contributed by atoms with Crippen molar-refractivity contribution in [1.82, 2.24) is 0 Å². The van der Waals surface area contributed by atoms with E-state index in [9.17, 15) is 0 Å². The third-order valence-electron chi connectivity index (χ3n) is 3.22. The molecule has 0 aliphatic carbocycles. The second-order valence-corrected chi connectivity index (χ2v) is 4.91. The number of hydrogen-bond acceptors (Lipinski definition) is 0. The summed E-state index contributed by atoms with van der Waals surface area (Å²) in [4.78, 5) is 0. The molecule has 2 aromatic carbocycles. The SMILES string of the molecule is [S]CCCCCCc1cccc2ccccc12. The van der Waals surface area contributed by atoms with Crippen molar-refractivity contribution in [2.24, 2.45) is 0 Å². The standard InChI is InChI=1S/C16H19S/c17-13-6-2-1-3-8-14-10-7-11-15-9-4-5-12-16(14)15/h4-5,7,9-12H,1-3,6,8,13H2. The van der Waals surface area contributed by atoms with Crippen LogP contribution < -0.4 is 0 Å². The van der Waals surface area contributed by atoms with Crippen molar-refractivity contribution in [3.05, 3.63) is 48.0 Å². The van der Waals surface area contributed by atoms with Gasteiger partial charge < -0.3 is 0 Å². The van der Waals surface area contributed by atoms with Gasteiger partial charge in [0.15, 0.2) is 0 Å². The summed E-state index contributed by atoms with van der Waals surface area (Å²) in [5.74, 6) is 0.911. The molecule has 0 fully saturated rings. The van der Waals surface area contributed by atoms with Gasteiger partial charge in [-0.05, 0) is 35.6 Å². The molecule has 0 saturated carbocycles. The highest BCUT2D eigenvalue weighted by molar-refractivity contribution is 7.80. The number of unbranched alkanes of at least 4 members (excludes halogenated alkanes) is 3. The van der Waals surface area contributed by atoms with E-state index in [1.165, 1.54) is 48.4 Å². The van der Waals surface area contributed by atoms with Gasteiger partial charge >= 0.3 is 0 Å². The van der Waals surface area contributed by atoms with Gasteiger partial charge in [0.2, 0.25) is 0 Å². The average Bonchev–Trinajstić information content (AvgIpc) is 2.39. The van der Waals surface area contributed by atoms with Gasteiger partial charge in [-0.15, -0.1) is 0 Å². The van der Waals surface area contributed by atoms with Crippen LogP contribution in [0.15, 0.2) is 42.5 Å². The van der Waals surface area contributed by atoms with Crippen LogP contribution >= 0.6 is 12.6 Å². The Morgan fingerprint density at radius 1 is 0.765 bits per heavy atom. The average molecular weight is 243 g/mol. The van der Waals surface area contributed by atoms with Gasteiger partial charge in [0.05, 0.1) is 0 Å². The molecule has 89 valence electrons. The van der Waals surface area contributed by atoms with Crippen LogP contribution in [0.2, 0.25) is 0 Å². The molecular formula is C16H19S. The van der Waals surface area contributed by atoms with Gasteiger partial charge in [0, 0.05) is 5.75 Å². The van der Waals surface area contributed by atoms with Gasteiger partial charge in [-0.2, -0.15) is 0 Å². The third-order valence-corrected chi connectivity index (χ3v) is 3.51. The first kappa shape index (κ1) is 12.5. The Balaban J connectivity index is 1.98. The molecule has 0 saturated heterocycles. The fourth-order valence-corrected chi connectivity index (χ4v) is 2.49. The Hall–Kier alpha value is -0.950. The summed E-state index contributed by atoms with van der Waals surface area (Å²) < 4.78 is 0. The highest BCUT2D eigenvalue weighted by atomic mass is 32.1. The number of fused-ring (bicyclic) bond motifs is 1. The number of aryl methyl sites for hydroxylation is 1. The number of rotatable bonds is 6. The predicted molar refractivity (Wildman–Crippen MR) is 78.6 cm³/mol. The van der Waals surface area contributed by atoms with Crippen molar-refractivity contribution >= 4 is 23.4 Å². The number of hydrogen-bond donors (Lipinski definition) is 0. The van der Waals surface area contributed by atoms with Gasteiger partial charge in [0.1, 0.15) is 0 Å². The van der Waals surface area contributed by atoms with Crippen LogP contribution in [0.4, 0.5) is 0 Å². The summed E-state index contributed by atoms with van der Waals surface area (Å²) in [7, 11) is 0. The molecule has 0 bridgehead atoms. The largest absolute Gasteiger partial charge is 0.0942 e. The molecule has 0 aromatic heterocycles. The molecule has 1 radical (unpaired) electrons. The van der Waals surface area contributed by atoms with E-state index in [-0.39, 0.29) is 0 Å². The van der Waals surface area contributed by atoms with Crippen LogP contribution in [0, 0.1) is 0 Å². The normalized spacial score (nSPS) is 10.9. The molecule has 0 unspecified atom stereocenters. The monoisotopic (exact) mass is 243 g/mol. The molecule has 0 amide bonds. The van der Waals surface area contributed by atoms with E-state index in [0.717, 1.165) is 5.75 Å². The fraction of sp³-hybridized carbons (Fsp3) is 0.375. The molecule has 17 heavy (non-hydrogen) atoms. The van der Waals surface area contributed by atoms with E-state index >= 15 is 0 Å². The Morgan fingerprint density at radius 2 is 1.53 bits per heavy atom. The van der Waals surface area contributed by atoms with Gasteiger partial charge in [-0.25, -0.2) is 0 Å². The van der Waals surface area contributed by atoms with E-state index in [2.05, 4.69) is 42.5 Å². The van der Waals surface area contributed by atoms with Crippen molar-refractivity contribution < 1.29 is 0 Å². The van der Waals surface area contributed by atoms with E-state index in [1.807, 2.05) is 0 Å². The van der Waals surface area contributed by atoms with Crippen LogP contribution in [0.5, 0.6) is 0 Å². The van der Waals surface area contributed by atoms with Gasteiger partial charge in [-0.3, -0.25) is 0 Å². The quantitative estimate of drug-likeness (QED) is 0.616. The molecule has 0 N–H and O–H groups in total. The zero-order valence-corrected chi connectivity index (χ0v) is 11.0. The molecular weight excluding hydrogens is 224 g/mol. The molecule has 1 heteroatoms. The van der Waals surface area contributed by atoms with Crippen LogP contribution in [0.1, 0.15) is 31.2 Å². The second-order valence-electron chi connectivity index (χ2n) is 4.51. The molecule has 2 rings (SSSR count). The smallest absolute Gasteiger partial charge is 0.00369 e. The Labute approximate surface area is 109 Å². The predicted octanol–water partition coefficient (Wildman–Crippen LogP) is 5.14. The highest BCUT2D eigenvalue weighted by Crippen LogP contribution is 2.20. The zero-order chi connectivity index (χ0) is 11.9. The van der Waals surface area contributed by atoms with Gasteiger partial charge in [-0.1, -0.05) is 67.9 Å². The van der Waals surface area contributed by atoms with Crippen molar-refractivity contribution in [2.75, 3.05) is 5.75 Å². The second kappa shape index (κ2) is 6.70. The van der Waals surface area contributed by atoms with Crippen LogP contribution in [-0.4, -0.2) is 5.75 Å². The third kappa shape index (κ3) is 3.50. The lowest BCUT2D eigenvalue weighted by Gasteiger charge is -2.06. The van der Waals surface area contributed by atoms with Crippen LogP contribution in [0.25, 0.3) is 10.8 Å². The molecule has 0 nitrogen and oxygen atoms in total. The highest BCUT2D eigenvalue weighted by Gasteiger charge is 1.99. The summed E-state index contributed by atoms with van der Waals surface area (Å²) in [5, 5.41) is 2.77. The van der Waals surface area contributed by atoms with Gasteiger partial charge in [0.25, 0.3) is 0 Å². The first-order valence-electron chi connectivity index (χ1n) is 6.46. The maximum absolute atomic E-state index is 4.96. The lowest BCUT2D eigenvalue weighted by molar-refractivity contribution is 0.672. The molecule has 2 aromatic rings. The van der Waals surface area contributed by atoms with E-state index in [4.69, 9.17) is 12.6 Å². The van der Waals surface area contributed by atoms with Crippen molar-refractivity contribution in [3.8, 4) is 0 Å². The Morgan fingerprint density at radius 3 is 2.41 bits per heavy atom. The minimum absolute atomic E-state index is 0.911. The molecule has 0 spiro atoms. The van der Waals surface area contributed by atoms with Crippen molar-refractivity contribution in [1.29, 1.82) is 0 Å². The first-order valence-corrected chi connectivity index (χ1v) is 7.04. The maximum atomic E-state index is 4.96. The number of benzene rings is 2. The minimum Gasteiger partial charge on any atom is -0.0942 e.